The Morgan fingerprint density at radius 3 is 2.70 bits per heavy atom. The SMILES string of the molecule is COc1ccc(O)c(C(=O)Nc2cc(N)cc(F)c2)c1. The zero-order chi connectivity index (χ0) is 14.7. The molecular formula is C14H13FN2O3. The predicted octanol–water partition coefficient (Wildman–Crippen LogP) is 2.37. The minimum absolute atomic E-state index is 0.0205. The maximum Gasteiger partial charge on any atom is 0.259 e. The van der Waals surface area contributed by atoms with Gasteiger partial charge in [-0.25, -0.2) is 4.39 Å². The number of halogens is 1. The van der Waals surface area contributed by atoms with Crippen LogP contribution in [0.5, 0.6) is 11.5 Å². The van der Waals surface area contributed by atoms with Crippen LogP contribution in [0.15, 0.2) is 36.4 Å². The molecule has 2 aromatic rings. The van der Waals surface area contributed by atoms with Gasteiger partial charge in [-0.2, -0.15) is 0 Å². The van der Waals surface area contributed by atoms with Gasteiger partial charge in [0.15, 0.2) is 0 Å². The average molecular weight is 276 g/mol. The van der Waals surface area contributed by atoms with E-state index in [1.54, 1.807) is 0 Å². The Hall–Kier alpha value is -2.76. The Kier molecular flexibility index (Phi) is 3.74. The molecule has 5 nitrogen and oxygen atoms in total. The van der Waals surface area contributed by atoms with Gasteiger partial charge in [0, 0.05) is 11.4 Å². The minimum atomic E-state index is -0.591. The van der Waals surface area contributed by atoms with Gasteiger partial charge in [-0.05, 0) is 36.4 Å². The van der Waals surface area contributed by atoms with Gasteiger partial charge in [0.05, 0.1) is 12.7 Å². The Labute approximate surface area is 114 Å². The van der Waals surface area contributed by atoms with Gasteiger partial charge in [-0.1, -0.05) is 0 Å². The van der Waals surface area contributed by atoms with Crippen LogP contribution in [0.25, 0.3) is 0 Å². The minimum Gasteiger partial charge on any atom is -0.507 e. The average Bonchev–Trinajstić information content (AvgIpc) is 2.37. The van der Waals surface area contributed by atoms with Crippen LogP contribution in [0.4, 0.5) is 15.8 Å². The Morgan fingerprint density at radius 2 is 2.05 bits per heavy atom. The Bertz CT molecular complexity index is 639. The van der Waals surface area contributed by atoms with Gasteiger partial charge < -0.3 is 20.9 Å². The number of rotatable bonds is 3. The number of benzene rings is 2. The van der Waals surface area contributed by atoms with E-state index in [0.717, 1.165) is 12.1 Å². The van der Waals surface area contributed by atoms with Crippen molar-refractivity contribution in [2.75, 3.05) is 18.2 Å². The van der Waals surface area contributed by atoms with E-state index in [9.17, 15) is 14.3 Å². The number of hydrogen-bond acceptors (Lipinski definition) is 4. The van der Waals surface area contributed by atoms with E-state index >= 15 is 0 Å². The first-order valence-electron chi connectivity index (χ1n) is 5.74. The molecule has 0 aliphatic carbocycles. The molecule has 20 heavy (non-hydrogen) atoms. The Morgan fingerprint density at radius 1 is 1.30 bits per heavy atom. The van der Waals surface area contributed by atoms with E-state index in [0.29, 0.717) is 5.75 Å². The van der Waals surface area contributed by atoms with E-state index in [1.807, 2.05) is 0 Å². The summed E-state index contributed by atoms with van der Waals surface area (Å²) in [5.74, 6) is -0.930. The first kappa shape index (κ1) is 13.7. The number of hydrogen-bond donors (Lipinski definition) is 3. The molecule has 0 aliphatic rings. The summed E-state index contributed by atoms with van der Waals surface area (Å²) in [6, 6.07) is 7.93. The van der Waals surface area contributed by atoms with Crippen molar-refractivity contribution in [1.29, 1.82) is 0 Å². The molecule has 1 amide bonds. The fourth-order valence-corrected chi connectivity index (χ4v) is 1.71. The number of aromatic hydroxyl groups is 1. The van der Waals surface area contributed by atoms with Crippen molar-refractivity contribution in [1.82, 2.24) is 0 Å². The molecule has 0 heterocycles. The lowest BCUT2D eigenvalue weighted by Gasteiger charge is -2.09. The lowest BCUT2D eigenvalue weighted by atomic mass is 10.1. The zero-order valence-corrected chi connectivity index (χ0v) is 10.7. The van der Waals surface area contributed by atoms with Crippen LogP contribution < -0.4 is 15.8 Å². The standard InChI is InChI=1S/C14H13FN2O3/c1-20-11-2-3-13(18)12(7-11)14(19)17-10-5-8(15)4-9(16)6-10/h2-7,18H,16H2,1H3,(H,17,19). The smallest absolute Gasteiger partial charge is 0.259 e. The molecular weight excluding hydrogens is 263 g/mol. The molecule has 0 saturated carbocycles. The molecule has 2 rings (SSSR count). The molecule has 104 valence electrons. The third-order valence-electron chi connectivity index (χ3n) is 2.63. The number of nitrogens with two attached hydrogens (primary N) is 1. The molecule has 0 saturated heterocycles. The molecule has 0 fully saturated rings. The maximum atomic E-state index is 13.2. The summed E-state index contributed by atoms with van der Waals surface area (Å²) in [5, 5.41) is 12.1. The van der Waals surface area contributed by atoms with Gasteiger partial charge in [0.1, 0.15) is 17.3 Å². The summed E-state index contributed by atoms with van der Waals surface area (Å²) >= 11 is 0. The van der Waals surface area contributed by atoms with Crippen molar-refractivity contribution in [2.24, 2.45) is 0 Å². The summed E-state index contributed by atoms with van der Waals surface area (Å²) in [6.07, 6.45) is 0. The highest BCUT2D eigenvalue weighted by molar-refractivity contribution is 6.06. The number of nitrogen functional groups attached to an aromatic ring is 1. The first-order chi connectivity index (χ1) is 9.49. The lowest BCUT2D eigenvalue weighted by molar-refractivity contribution is 0.102. The number of amides is 1. The van der Waals surface area contributed by atoms with Crippen LogP contribution in [0.1, 0.15) is 10.4 Å². The molecule has 6 heteroatoms. The molecule has 0 aromatic heterocycles. The molecule has 0 aliphatic heterocycles. The van der Waals surface area contributed by atoms with Gasteiger partial charge in [-0.3, -0.25) is 4.79 Å². The van der Waals surface area contributed by atoms with E-state index in [4.69, 9.17) is 10.5 Å². The second-order valence-electron chi connectivity index (χ2n) is 4.11. The van der Waals surface area contributed by atoms with Crippen LogP contribution in [-0.4, -0.2) is 18.1 Å². The molecule has 0 atom stereocenters. The van der Waals surface area contributed by atoms with Crippen LogP contribution in [0, 0.1) is 5.82 Å². The van der Waals surface area contributed by atoms with Gasteiger partial charge in [-0.15, -0.1) is 0 Å². The fraction of sp³-hybridized carbons (Fsp3) is 0.0714. The number of anilines is 2. The number of ether oxygens (including phenoxy) is 1. The number of phenols is 1. The summed E-state index contributed by atoms with van der Waals surface area (Å²) in [4.78, 5) is 12.0. The monoisotopic (exact) mass is 276 g/mol. The lowest BCUT2D eigenvalue weighted by Crippen LogP contribution is -2.12. The van der Waals surface area contributed by atoms with E-state index < -0.39 is 11.7 Å². The molecule has 0 bridgehead atoms. The highest BCUT2D eigenvalue weighted by Gasteiger charge is 2.13. The van der Waals surface area contributed by atoms with Crippen molar-refractivity contribution in [3.05, 3.63) is 47.8 Å². The van der Waals surface area contributed by atoms with Crippen LogP contribution >= 0.6 is 0 Å². The van der Waals surface area contributed by atoms with Gasteiger partial charge in [0.2, 0.25) is 0 Å². The van der Waals surface area contributed by atoms with Crippen molar-refractivity contribution >= 4 is 17.3 Å². The normalized spacial score (nSPS) is 10.1. The third kappa shape index (κ3) is 2.97. The topological polar surface area (TPSA) is 84.6 Å². The molecule has 4 N–H and O–H groups in total. The first-order valence-corrected chi connectivity index (χ1v) is 5.74. The quantitative estimate of drug-likeness (QED) is 0.751. The van der Waals surface area contributed by atoms with Crippen LogP contribution in [0.3, 0.4) is 0 Å². The molecule has 0 unspecified atom stereocenters. The number of carbonyl (C=O) groups is 1. The van der Waals surface area contributed by atoms with Gasteiger partial charge in [0.25, 0.3) is 5.91 Å². The predicted molar refractivity (Wildman–Crippen MR) is 73.4 cm³/mol. The molecule has 0 spiro atoms. The van der Waals surface area contributed by atoms with Crippen molar-refractivity contribution < 1.29 is 19.0 Å². The summed E-state index contributed by atoms with van der Waals surface area (Å²) in [5.41, 5.74) is 5.90. The van der Waals surface area contributed by atoms with Crippen molar-refractivity contribution in [3.8, 4) is 11.5 Å². The Balaban J connectivity index is 2.27. The van der Waals surface area contributed by atoms with Crippen molar-refractivity contribution in [3.63, 3.8) is 0 Å². The second-order valence-corrected chi connectivity index (χ2v) is 4.11. The number of phenolic OH excluding ortho intramolecular Hbond substituents is 1. The summed E-state index contributed by atoms with van der Waals surface area (Å²) < 4.78 is 18.2. The second kappa shape index (κ2) is 5.48. The molecule has 2 aromatic carbocycles. The summed E-state index contributed by atoms with van der Waals surface area (Å²) in [7, 11) is 1.45. The van der Waals surface area contributed by atoms with Gasteiger partial charge >= 0.3 is 0 Å². The largest absolute Gasteiger partial charge is 0.507 e. The third-order valence-corrected chi connectivity index (χ3v) is 2.63. The van der Waals surface area contributed by atoms with Crippen molar-refractivity contribution in [2.45, 2.75) is 0 Å². The zero-order valence-electron chi connectivity index (χ0n) is 10.7. The van der Waals surface area contributed by atoms with E-state index in [-0.39, 0.29) is 22.7 Å². The highest BCUT2D eigenvalue weighted by atomic mass is 19.1. The fourth-order valence-electron chi connectivity index (χ4n) is 1.71. The number of nitrogens with one attached hydrogen (secondary N) is 1. The molecule has 0 radical (unpaired) electrons. The van der Waals surface area contributed by atoms with E-state index in [1.165, 1.54) is 31.4 Å². The van der Waals surface area contributed by atoms with Crippen LogP contribution in [-0.2, 0) is 0 Å². The van der Waals surface area contributed by atoms with Crippen LogP contribution in [0.2, 0.25) is 0 Å². The summed E-state index contributed by atoms with van der Waals surface area (Å²) in [6.45, 7) is 0. The number of carbonyl (C=O) groups excluding carboxylic acids is 1. The van der Waals surface area contributed by atoms with E-state index in [2.05, 4.69) is 5.32 Å². The number of methoxy groups -OCH3 is 1. The maximum absolute atomic E-state index is 13.2. The highest BCUT2D eigenvalue weighted by Crippen LogP contribution is 2.24.